The van der Waals surface area contributed by atoms with Crippen LogP contribution in [0.25, 0.3) is 0 Å². The number of aryl methyl sites for hydroxylation is 1. The third-order valence-electron chi connectivity index (χ3n) is 3.44. The largest absolute Gasteiger partial charge is 0.465 e. The number of anilines is 2. The first kappa shape index (κ1) is 13.7. The van der Waals surface area contributed by atoms with Crippen molar-refractivity contribution in [3.05, 3.63) is 23.3 Å². The zero-order valence-corrected chi connectivity index (χ0v) is 11.3. The zero-order chi connectivity index (χ0) is 14.0. The van der Waals surface area contributed by atoms with Crippen LogP contribution in [0, 0.1) is 6.92 Å². The third kappa shape index (κ3) is 2.81. The number of hydrogen-bond donors (Lipinski definition) is 2. The Kier molecular flexibility index (Phi) is 3.95. The van der Waals surface area contributed by atoms with Crippen molar-refractivity contribution in [2.75, 3.05) is 30.9 Å². The lowest BCUT2D eigenvalue weighted by molar-refractivity contribution is 0.0602. The van der Waals surface area contributed by atoms with Gasteiger partial charge in [0.25, 0.3) is 0 Å². The molecule has 0 heterocycles. The summed E-state index contributed by atoms with van der Waals surface area (Å²) in [4.78, 5) is 13.9. The number of benzene rings is 1. The van der Waals surface area contributed by atoms with Crippen molar-refractivity contribution >= 4 is 17.3 Å². The number of carbonyl (C=O) groups is 1. The number of esters is 1. The summed E-state index contributed by atoms with van der Waals surface area (Å²) >= 11 is 0. The van der Waals surface area contributed by atoms with Gasteiger partial charge in [0, 0.05) is 24.0 Å². The number of nitrogens with zero attached hydrogens (tertiary/aromatic N) is 1. The highest BCUT2D eigenvalue weighted by Gasteiger charge is 2.29. The standard InChI is InChI=1S/C14H20N2O3/c1-9-7-11(16(5-6-17)10-3-4-10)8-12(13(9)15)14(18)19-2/h7-8,10,17H,3-6,15H2,1-2H3. The van der Waals surface area contributed by atoms with E-state index in [0.717, 1.165) is 24.1 Å². The first-order valence-electron chi connectivity index (χ1n) is 6.44. The van der Waals surface area contributed by atoms with Gasteiger partial charge in [-0.3, -0.25) is 0 Å². The van der Waals surface area contributed by atoms with E-state index in [4.69, 9.17) is 15.6 Å². The summed E-state index contributed by atoms with van der Waals surface area (Å²) in [5.41, 5.74) is 8.54. The van der Waals surface area contributed by atoms with Gasteiger partial charge in [-0.25, -0.2) is 4.79 Å². The SMILES string of the molecule is COC(=O)c1cc(N(CCO)C2CC2)cc(C)c1N. The number of aliphatic hydroxyl groups excluding tert-OH is 1. The third-order valence-corrected chi connectivity index (χ3v) is 3.44. The van der Waals surface area contributed by atoms with Gasteiger partial charge in [-0.05, 0) is 37.5 Å². The van der Waals surface area contributed by atoms with Crippen LogP contribution < -0.4 is 10.6 Å². The molecule has 0 bridgehead atoms. The Morgan fingerprint density at radius 2 is 2.21 bits per heavy atom. The molecular formula is C14H20N2O3. The minimum Gasteiger partial charge on any atom is -0.465 e. The van der Waals surface area contributed by atoms with E-state index in [1.807, 2.05) is 13.0 Å². The molecule has 0 unspecified atom stereocenters. The van der Waals surface area contributed by atoms with Crippen LogP contribution in [0.15, 0.2) is 12.1 Å². The highest BCUT2D eigenvalue weighted by molar-refractivity contribution is 5.97. The van der Waals surface area contributed by atoms with E-state index in [9.17, 15) is 4.79 Å². The lowest BCUT2D eigenvalue weighted by atomic mass is 10.1. The number of nitrogen functional groups attached to an aromatic ring is 1. The van der Waals surface area contributed by atoms with Crippen molar-refractivity contribution in [2.45, 2.75) is 25.8 Å². The molecule has 1 aromatic rings. The van der Waals surface area contributed by atoms with Crippen LogP contribution in [0.1, 0.15) is 28.8 Å². The van der Waals surface area contributed by atoms with Crippen molar-refractivity contribution in [1.29, 1.82) is 0 Å². The maximum absolute atomic E-state index is 11.7. The summed E-state index contributed by atoms with van der Waals surface area (Å²) in [7, 11) is 1.34. The van der Waals surface area contributed by atoms with Gasteiger partial charge in [-0.1, -0.05) is 0 Å². The lowest BCUT2D eigenvalue weighted by Crippen LogP contribution is -2.29. The van der Waals surface area contributed by atoms with Gasteiger partial charge < -0.3 is 20.5 Å². The van der Waals surface area contributed by atoms with Crippen molar-refractivity contribution in [2.24, 2.45) is 0 Å². The molecule has 104 valence electrons. The van der Waals surface area contributed by atoms with E-state index < -0.39 is 5.97 Å². The van der Waals surface area contributed by atoms with E-state index in [0.29, 0.717) is 23.8 Å². The second-order valence-corrected chi connectivity index (χ2v) is 4.86. The Balaban J connectivity index is 2.39. The fraction of sp³-hybridized carbons (Fsp3) is 0.500. The van der Waals surface area contributed by atoms with Crippen LogP contribution in [0.5, 0.6) is 0 Å². The molecule has 0 amide bonds. The minimum atomic E-state index is -0.429. The van der Waals surface area contributed by atoms with Gasteiger partial charge in [0.2, 0.25) is 0 Å². The van der Waals surface area contributed by atoms with E-state index in [1.165, 1.54) is 7.11 Å². The molecule has 5 heteroatoms. The predicted octanol–water partition coefficient (Wildman–Crippen LogP) is 1.32. The van der Waals surface area contributed by atoms with Crippen molar-refractivity contribution in [1.82, 2.24) is 0 Å². The molecule has 0 aliphatic heterocycles. The molecule has 0 atom stereocenters. The Hall–Kier alpha value is -1.75. The van der Waals surface area contributed by atoms with Crippen molar-refractivity contribution in [3.8, 4) is 0 Å². The molecule has 0 spiro atoms. The molecule has 3 N–H and O–H groups in total. The Morgan fingerprint density at radius 1 is 1.53 bits per heavy atom. The molecule has 1 aromatic carbocycles. The summed E-state index contributed by atoms with van der Waals surface area (Å²) in [6.07, 6.45) is 2.24. The van der Waals surface area contributed by atoms with Crippen LogP contribution in [0.2, 0.25) is 0 Å². The second-order valence-electron chi connectivity index (χ2n) is 4.86. The summed E-state index contributed by atoms with van der Waals surface area (Å²) in [6.45, 7) is 2.53. The van der Waals surface area contributed by atoms with Crippen molar-refractivity contribution < 1.29 is 14.6 Å². The Morgan fingerprint density at radius 3 is 2.74 bits per heavy atom. The molecule has 5 nitrogen and oxygen atoms in total. The van der Waals surface area contributed by atoms with E-state index in [2.05, 4.69) is 4.90 Å². The number of aliphatic hydroxyl groups is 1. The second kappa shape index (κ2) is 5.48. The van der Waals surface area contributed by atoms with E-state index >= 15 is 0 Å². The molecule has 0 radical (unpaired) electrons. The van der Waals surface area contributed by atoms with Crippen LogP contribution in [-0.4, -0.2) is 37.4 Å². The monoisotopic (exact) mass is 264 g/mol. The van der Waals surface area contributed by atoms with Gasteiger partial charge in [0.05, 0.1) is 19.3 Å². The number of carbonyl (C=O) groups excluding carboxylic acids is 1. The van der Waals surface area contributed by atoms with Gasteiger partial charge in [-0.2, -0.15) is 0 Å². The molecule has 1 aliphatic carbocycles. The highest BCUT2D eigenvalue weighted by Crippen LogP contribution is 2.34. The molecule has 0 saturated heterocycles. The quantitative estimate of drug-likeness (QED) is 0.619. The smallest absolute Gasteiger partial charge is 0.340 e. The van der Waals surface area contributed by atoms with Crippen LogP contribution in [0.4, 0.5) is 11.4 Å². The molecule has 1 aliphatic rings. The molecule has 0 aromatic heterocycles. The van der Waals surface area contributed by atoms with Gasteiger partial charge in [0.1, 0.15) is 0 Å². The maximum Gasteiger partial charge on any atom is 0.340 e. The van der Waals surface area contributed by atoms with Crippen molar-refractivity contribution in [3.63, 3.8) is 0 Å². The Bertz CT molecular complexity index is 484. The molecule has 19 heavy (non-hydrogen) atoms. The molecule has 1 saturated carbocycles. The molecule has 1 fully saturated rings. The van der Waals surface area contributed by atoms with Crippen LogP contribution in [-0.2, 0) is 4.74 Å². The summed E-state index contributed by atoms with van der Waals surface area (Å²) < 4.78 is 4.76. The van der Waals surface area contributed by atoms with Crippen LogP contribution in [0.3, 0.4) is 0 Å². The number of ether oxygens (including phenoxy) is 1. The minimum absolute atomic E-state index is 0.0908. The number of rotatable bonds is 5. The first-order valence-corrected chi connectivity index (χ1v) is 6.44. The average Bonchev–Trinajstić information content (AvgIpc) is 3.22. The number of hydrogen-bond acceptors (Lipinski definition) is 5. The fourth-order valence-electron chi connectivity index (χ4n) is 2.24. The zero-order valence-electron chi connectivity index (χ0n) is 11.3. The van der Waals surface area contributed by atoms with Crippen LogP contribution >= 0.6 is 0 Å². The topological polar surface area (TPSA) is 75.8 Å². The van der Waals surface area contributed by atoms with E-state index in [1.54, 1.807) is 6.07 Å². The average molecular weight is 264 g/mol. The summed E-state index contributed by atoms with van der Waals surface area (Å²) in [5, 5.41) is 9.17. The van der Waals surface area contributed by atoms with Gasteiger partial charge in [-0.15, -0.1) is 0 Å². The Labute approximate surface area is 113 Å². The van der Waals surface area contributed by atoms with Gasteiger partial charge >= 0.3 is 5.97 Å². The van der Waals surface area contributed by atoms with Gasteiger partial charge in [0.15, 0.2) is 0 Å². The normalized spacial score (nSPS) is 14.3. The van der Waals surface area contributed by atoms with E-state index in [-0.39, 0.29) is 6.61 Å². The maximum atomic E-state index is 11.7. The predicted molar refractivity (Wildman–Crippen MR) is 74.4 cm³/mol. The lowest BCUT2D eigenvalue weighted by Gasteiger charge is -2.25. The molecular weight excluding hydrogens is 244 g/mol. The summed E-state index contributed by atoms with van der Waals surface area (Å²) in [6, 6.07) is 4.17. The molecule has 2 rings (SSSR count). The number of nitrogens with two attached hydrogens (primary N) is 1. The summed E-state index contributed by atoms with van der Waals surface area (Å²) in [5.74, 6) is -0.429. The number of methoxy groups -OCH3 is 1. The highest BCUT2D eigenvalue weighted by atomic mass is 16.5. The fourth-order valence-corrected chi connectivity index (χ4v) is 2.24. The first-order chi connectivity index (χ1) is 9.08.